The Balaban J connectivity index is 1.79. The Morgan fingerprint density at radius 1 is 1.50 bits per heavy atom. The van der Waals surface area contributed by atoms with Crippen LogP contribution < -0.4 is 5.32 Å². The highest BCUT2D eigenvalue weighted by Gasteiger charge is 2.43. The van der Waals surface area contributed by atoms with Crippen molar-refractivity contribution in [2.24, 2.45) is 11.8 Å². The number of nitrogens with zero attached hydrogens (tertiary/aromatic N) is 2. The minimum atomic E-state index is -0.415. The fourth-order valence-corrected chi connectivity index (χ4v) is 3.09. The van der Waals surface area contributed by atoms with E-state index in [1.165, 1.54) is 12.1 Å². The Hall–Kier alpha value is -1.49. The van der Waals surface area contributed by atoms with Gasteiger partial charge in [-0.1, -0.05) is 0 Å². The quantitative estimate of drug-likeness (QED) is 0.804. The molecule has 1 aromatic rings. The number of aromatic nitrogens is 1. The predicted octanol–water partition coefficient (Wildman–Crippen LogP) is 0.901. The minimum Gasteiger partial charge on any atom is -0.334 e. The highest BCUT2D eigenvalue weighted by atomic mass is 19.1. The van der Waals surface area contributed by atoms with Crippen molar-refractivity contribution in [3.63, 3.8) is 0 Å². The molecule has 3 rings (SSSR count). The fourth-order valence-electron chi connectivity index (χ4n) is 3.09. The molecule has 2 saturated heterocycles. The molecule has 2 aliphatic rings. The van der Waals surface area contributed by atoms with Crippen molar-refractivity contribution >= 4 is 5.91 Å². The first kappa shape index (κ1) is 11.6. The van der Waals surface area contributed by atoms with Crippen LogP contribution in [-0.4, -0.2) is 41.5 Å². The molecule has 4 nitrogen and oxygen atoms in total. The van der Waals surface area contributed by atoms with E-state index in [0.29, 0.717) is 17.5 Å². The van der Waals surface area contributed by atoms with E-state index in [0.717, 1.165) is 25.8 Å². The zero-order valence-electron chi connectivity index (χ0n) is 10.3. The van der Waals surface area contributed by atoms with Gasteiger partial charge in [-0.15, -0.1) is 0 Å². The summed E-state index contributed by atoms with van der Waals surface area (Å²) < 4.78 is 12.8. The second-order valence-corrected chi connectivity index (χ2v) is 5.14. The Labute approximate surface area is 105 Å². The van der Waals surface area contributed by atoms with Crippen LogP contribution in [0.3, 0.4) is 0 Å². The Morgan fingerprint density at radius 2 is 2.33 bits per heavy atom. The molecule has 0 saturated carbocycles. The Kier molecular flexibility index (Phi) is 2.78. The SMILES string of the molecule is CC1C2CNCC2CN1C(=O)c1ccc(F)cn1. The number of nitrogens with one attached hydrogen (secondary N) is 1. The first-order valence-corrected chi connectivity index (χ1v) is 6.30. The van der Waals surface area contributed by atoms with E-state index >= 15 is 0 Å². The van der Waals surface area contributed by atoms with E-state index in [1.54, 1.807) is 0 Å². The van der Waals surface area contributed by atoms with Crippen molar-refractivity contribution in [1.82, 2.24) is 15.2 Å². The average Bonchev–Trinajstić information content (AvgIpc) is 2.93. The van der Waals surface area contributed by atoms with Gasteiger partial charge in [0.1, 0.15) is 11.5 Å². The van der Waals surface area contributed by atoms with Crippen molar-refractivity contribution in [2.75, 3.05) is 19.6 Å². The second-order valence-electron chi connectivity index (χ2n) is 5.14. The largest absolute Gasteiger partial charge is 0.334 e. The van der Waals surface area contributed by atoms with Crippen molar-refractivity contribution in [3.8, 4) is 0 Å². The van der Waals surface area contributed by atoms with E-state index in [2.05, 4.69) is 17.2 Å². The zero-order chi connectivity index (χ0) is 12.7. The van der Waals surface area contributed by atoms with Gasteiger partial charge in [0.2, 0.25) is 0 Å². The van der Waals surface area contributed by atoms with Crippen molar-refractivity contribution in [3.05, 3.63) is 29.8 Å². The zero-order valence-corrected chi connectivity index (χ0v) is 10.3. The number of amides is 1. The smallest absolute Gasteiger partial charge is 0.272 e. The van der Waals surface area contributed by atoms with E-state index in [9.17, 15) is 9.18 Å². The summed E-state index contributed by atoms with van der Waals surface area (Å²) in [6.07, 6.45) is 1.09. The number of fused-ring (bicyclic) bond motifs is 1. The van der Waals surface area contributed by atoms with Gasteiger partial charge in [0, 0.05) is 25.7 Å². The number of pyridine rings is 1. The van der Waals surface area contributed by atoms with Crippen LogP contribution in [0, 0.1) is 17.7 Å². The van der Waals surface area contributed by atoms with Crippen LogP contribution in [0.5, 0.6) is 0 Å². The van der Waals surface area contributed by atoms with E-state index in [1.807, 2.05) is 4.90 Å². The van der Waals surface area contributed by atoms with Crippen molar-refractivity contribution < 1.29 is 9.18 Å². The third-order valence-corrected chi connectivity index (χ3v) is 4.14. The molecule has 1 N–H and O–H groups in total. The monoisotopic (exact) mass is 249 g/mol. The number of likely N-dealkylation sites (tertiary alicyclic amines) is 1. The van der Waals surface area contributed by atoms with Gasteiger partial charge in [-0.3, -0.25) is 4.79 Å². The highest BCUT2D eigenvalue weighted by Crippen LogP contribution is 2.32. The lowest BCUT2D eigenvalue weighted by atomic mass is 9.95. The average molecular weight is 249 g/mol. The van der Waals surface area contributed by atoms with Crippen molar-refractivity contribution in [1.29, 1.82) is 0 Å². The summed E-state index contributed by atoms with van der Waals surface area (Å²) in [5, 5.41) is 3.36. The number of halogens is 1. The lowest BCUT2D eigenvalue weighted by Gasteiger charge is -2.24. The molecule has 0 aliphatic carbocycles. The van der Waals surface area contributed by atoms with Gasteiger partial charge >= 0.3 is 0 Å². The van der Waals surface area contributed by atoms with Gasteiger partial charge in [0.25, 0.3) is 5.91 Å². The van der Waals surface area contributed by atoms with Gasteiger partial charge in [0.05, 0.1) is 6.20 Å². The lowest BCUT2D eigenvalue weighted by molar-refractivity contribution is 0.0722. The van der Waals surface area contributed by atoms with Crippen LogP contribution in [0.4, 0.5) is 4.39 Å². The maximum atomic E-state index is 12.8. The molecule has 18 heavy (non-hydrogen) atoms. The molecule has 0 bridgehead atoms. The second kappa shape index (κ2) is 4.31. The summed E-state index contributed by atoms with van der Waals surface area (Å²) in [6, 6.07) is 2.96. The number of hydrogen-bond acceptors (Lipinski definition) is 3. The molecule has 0 radical (unpaired) electrons. The highest BCUT2D eigenvalue weighted by molar-refractivity contribution is 5.92. The van der Waals surface area contributed by atoms with Crippen LogP contribution in [0.15, 0.2) is 18.3 Å². The molecule has 96 valence electrons. The van der Waals surface area contributed by atoms with Crippen LogP contribution in [0.25, 0.3) is 0 Å². The maximum Gasteiger partial charge on any atom is 0.272 e. The summed E-state index contributed by atoms with van der Waals surface area (Å²) in [6.45, 7) is 4.82. The molecule has 3 atom stereocenters. The Bertz CT molecular complexity index is 462. The van der Waals surface area contributed by atoms with Gasteiger partial charge in [-0.25, -0.2) is 9.37 Å². The van der Waals surface area contributed by atoms with Crippen LogP contribution in [0.1, 0.15) is 17.4 Å². The number of hydrogen-bond donors (Lipinski definition) is 1. The third-order valence-electron chi connectivity index (χ3n) is 4.14. The van der Waals surface area contributed by atoms with Crippen LogP contribution in [-0.2, 0) is 0 Å². The van der Waals surface area contributed by atoms with Gasteiger partial charge in [-0.05, 0) is 30.9 Å². The fraction of sp³-hybridized carbons (Fsp3) is 0.538. The standard InChI is InChI=1S/C13H16FN3O/c1-8-11-6-15-4-9(11)7-17(8)13(18)12-3-2-10(14)5-16-12/h2-3,5,8-9,11,15H,4,6-7H2,1H3. The summed E-state index contributed by atoms with van der Waals surface area (Å²) in [5.74, 6) is 0.581. The van der Waals surface area contributed by atoms with E-state index in [-0.39, 0.29) is 11.9 Å². The number of carbonyl (C=O) groups excluding carboxylic acids is 1. The van der Waals surface area contributed by atoms with E-state index < -0.39 is 5.82 Å². The van der Waals surface area contributed by atoms with Gasteiger partial charge in [-0.2, -0.15) is 0 Å². The van der Waals surface area contributed by atoms with Crippen LogP contribution in [0.2, 0.25) is 0 Å². The molecule has 1 amide bonds. The topological polar surface area (TPSA) is 45.2 Å². The normalized spacial score (nSPS) is 30.6. The molecule has 3 unspecified atom stereocenters. The molecule has 2 aliphatic heterocycles. The third kappa shape index (κ3) is 1.79. The molecule has 0 spiro atoms. The molecule has 1 aromatic heterocycles. The van der Waals surface area contributed by atoms with Crippen LogP contribution >= 0.6 is 0 Å². The minimum absolute atomic E-state index is 0.0862. The van der Waals surface area contributed by atoms with Gasteiger partial charge < -0.3 is 10.2 Å². The first-order chi connectivity index (χ1) is 8.66. The molecular weight excluding hydrogens is 233 g/mol. The molecule has 3 heterocycles. The molecule has 5 heteroatoms. The lowest BCUT2D eigenvalue weighted by Crippen LogP contribution is -2.38. The summed E-state index contributed by atoms with van der Waals surface area (Å²) >= 11 is 0. The molecule has 0 aromatic carbocycles. The molecule has 2 fully saturated rings. The van der Waals surface area contributed by atoms with Gasteiger partial charge in [0.15, 0.2) is 0 Å². The Morgan fingerprint density at radius 3 is 3.00 bits per heavy atom. The van der Waals surface area contributed by atoms with Crippen molar-refractivity contribution in [2.45, 2.75) is 13.0 Å². The first-order valence-electron chi connectivity index (χ1n) is 6.30. The number of carbonyl (C=O) groups is 1. The number of rotatable bonds is 1. The summed E-state index contributed by atoms with van der Waals surface area (Å²) in [5.41, 5.74) is 0.330. The van der Waals surface area contributed by atoms with E-state index in [4.69, 9.17) is 0 Å². The molecular formula is C13H16FN3O. The predicted molar refractivity (Wildman–Crippen MR) is 64.5 cm³/mol. The maximum absolute atomic E-state index is 12.8. The summed E-state index contributed by atoms with van der Waals surface area (Å²) in [7, 11) is 0. The summed E-state index contributed by atoms with van der Waals surface area (Å²) in [4.78, 5) is 18.1.